The topological polar surface area (TPSA) is 32.3 Å². The van der Waals surface area contributed by atoms with Crippen molar-refractivity contribution in [1.29, 1.82) is 0 Å². The Hall–Kier alpha value is -1.00. The first-order valence-electron chi connectivity index (χ1n) is 4.54. The molecule has 2 N–H and O–H groups in total. The zero-order valence-corrected chi connectivity index (χ0v) is 7.50. The summed E-state index contributed by atoms with van der Waals surface area (Å²) >= 11 is 0. The molecule has 0 aliphatic carbocycles. The highest BCUT2D eigenvalue weighted by molar-refractivity contribution is 5.24. The summed E-state index contributed by atoms with van der Waals surface area (Å²) in [7, 11) is 0. The van der Waals surface area contributed by atoms with E-state index < -0.39 is 23.8 Å². The predicted molar refractivity (Wildman–Crippen MR) is 47.7 cm³/mol. The van der Waals surface area contributed by atoms with Crippen LogP contribution >= 0.6 is 0 Å². The molecule has 1 saturated heterocycles. The van der Waals surface area contributed by atoms with E-state index in [2.05, 4.69) is 5.32 Å². The Balaban J connectivity index is 2.31. The van der Waals surface area contributed by atoms with Gasteiger partial charge in [-0.05, 0) is 18.6 Å². The molecule has 76 valence electrons. The molecule has 0 aromatic heterocycles. The van der Waals surface area contributed by atoms with E-state index in [1.54, 1.807) is 0 Å². The average molecular weight is 199 g/mol. The molecule has 0 spiro atoms. The fraction of sp³-hybridized carbons (Fsp3) is 0.400. The molecule has 0 bridgehead atoms. The van der Waals surface area contributed by atoms with Gasteiger partial charge in [-0.15, -0.1) is 0 Å². The van der Waals surface area contributed by atoms with Crippen LogP contribution in [0.4, 0.5) is 8.78 Å². The maximum atomic E-state index is 13.3. The number of hydrogen-bond acceptors (Lipinski definition) is 2. The third-order valence-corrected chi connectivity index (χ3v) is 2.46. The number of β-amino-alcohol motifs (C(OH)–C–C–N with tert-alkyl or cyclic N) is 1. The van der Waals surface area contributed by atoms with Crippen LogP contribution in [-0.2, 0) is 0 Å². The second kappa shape index (κ2) is 3.63. The quantitative estimate of drug-likeness (QED) is 0.715. The number of benzene rings is 1. The first-order chi connectivity index (χ1) is 6.68. The molecule has 1 fully saturated rings. The molecule has 2 nitrogen and oxygen atoms in total. The Morgan fingerprint density at radius 1 is 1.29 bits per heavy atom. The number of rotatable bonds is 1. The summed E-state index contributed by atoms with van der Waals surface area (Å²) < 4.78 is 26.5. The maximum absolute atomic E-state index is 13.3. The van der Waals surface area contributed by atoms with Crippen LogP contribution in [0.15, 0.2) is 18.2 Å². The van der Waals surface area contributed by atoms with Gasteiger partial charge in [-0.1, -0.05) is 6.07 Å². The summed E-state index contributed by atoms with van der Waals surface area (Å²) in [6.45, 7) is 0.387. The van der Waals surface area contributed by atoms with E-state index in [4.69, 9.17) is 0 Å². The molecule has 1 aromatic rings. The summed E-state index contributed by atoms with van der Waals surface area (Å²) in [4.78, 5) is 0. The Kier molecular flexibility index (Phi) is 2.48. The zero-order chi connectivity index (χ0) is 10.1. The molecule has 2 rings (SSSR count). The highest BCUT2D eigenvalue weighted by Crippen LogP contribution is 2.27. The monoisotopic (exact) mass is 199 g/mol. The molecule has 0 saturated carbocycles. The molecule has 0 radical (unpaired) electrons. The van der Waals surface area contributed by atoms with Gasteiger partial charge in [0.1, 0.15) is 11.6 Å². The summed E-state index contributed by atoms with van der Waals surface area (Å²) in [5.41, 5.74) is 0.0315. The third-order valence-electron chi connectivity index (χ3n) is 2.46. The van der Waals surface area contributed by atoms with Gasteiger partial charge < -0.3 is 10.4 Å². The fourth-order valence-electron chi connectivity index (χ4n) is 1.78. The van der Waals surface area contributed by atoms with Crippen LogP contribution in [0.5, 0.6) is 0 Å². The van der Waals surface area contributed by atoms with Gasteiger partial charge in [0, 0.05) is 18.2 Å². The molecule has 2 atom stereocenters. The molecule has 14 heavy (non-hydrogen) atoms. The summed E-state index contributed by atoms with van der Waals surface area (Å²) in [5.74, 6) is -1.12. The van der Waals surface area contributed by atoms with Gasteiger partial charge in [-0.2, -0.15) is 0 Å². The van der Waals surface area contributed by atoms with Crippen molar-refractivity contribution in [2.24, 2.45) is 0 Å². The van der Waals surface area contributed by atoms with Crippen molar-refractivity contribution >= 4 is 0 Å². The summed E-state index contributed by atoms with van der Waals surface area (Å²) in [6, 6.07) is 3.38. The van der Waals surface area contributed by atoms with Gasteiger partial charge in [0.2, 0.25) is 0 Å². The number of halogens is 2. The minimum Gasteiger partial charge on any atom is -0.392 e. The van der Waals surface area contributed by atoms with Gasteiger partial charge in [0.25, 0.3) is 0 Å². The summed E-state index contributed by atoms with van der Waals surface area (Å²) in [6.07, 6.45) is -0.156. The molecule has 1 aliphatic rings. The van der Waals surface area contributed by atoms with Gasteiger partial charge in [0.15, 0.2) is 0 Å². The van der Waals surface area contributed by atoms with Crippen molar-refractivity contribution in [1.82, 2.24) is 5.32 Å². The van der Waals surface area contributed by atoms with Crippen molar-refractivity contribution < 1.29 is 13.9 Å². The van der Waals surface area contributed by atoms with E-state index in [1.807, 2.05) is 0 Å². The van der Waals surface area contributed by atoms with Crippen LogP contribution in [0.25, 0.3) is 0 Å². The lowest BCUT2D eigenvalue weighted by Gasteiger charge is -2.12. The van der Waals surface area contributed by atoms with Crippen molar-refractivity contribution in [3.05, 3.63) is 35.4 Å². The van der Waals surface area contributed by atoms with Crippen LogP contribution in [0, 0.1) is 11.6 Å². The lowest BCUT2D eigenvalue weighted by Crippen LogP contribution is -2.16. The molecule has 2 unspecified atom stereocenters. The van der Waals surface area contributed by atoms with Crippen molar-refractivity contribution in [3.8, 4) is 0 Å². The van der Waals surface area contributed by atoms with Gasteiger partial charge in [0.05, 0.1) is 6.10 Å². The van der Waals surface area contributed by atoms with Crippen molar-refractivity contribution in [2.75, 3.05) is 6.54 Å². The van der Waals surface area contributed by atoms with E-state index >= 15 is 0 Å². The number of aliphatic hydroxyl groups excluding tert-OH is 1. The number of nitrogens with one attached hydrogen (secondary N) is 1. The van der Waals surface area contributed by atoms with Crippen LogP contribution < -0.4 is 5.32 Å². The van der Waals surface area contributed by atoms with Crippen LogP contribution in [0.2, 0.25) is 0 Å². The van der Waals surface area contributed by atoms with E-state index in [-0.39, 0.29) is 5.56 Å². The largest absolute Gasteiger partial charge is 0.392 e. The van der Waals surface area contributed by atoms with Crippen LogP contribution in [0.3, 0.4) is 0 Å². The lowest BCUT2D eigenvalue weighted by atomic mass is 10.0. The molecular weight excluding hydrogens is 188 g/mol. The Morgan fingerprint density at radius 2 is 1.93 bits per heavy atom. The normalized spacial score (nSPS) is 26.8. The molecule has 0 amide bonds. The second-order valence-electron chi connectivity index (χ2n) is 3.49. The SMILES string of the molecule is OC1CNC(c2c(F)cccc2F)C1. The van der Waals surface area contributed by atoms with E-state index in [0.717, 1.165) is 0 Å². The molecule has 4 heteroatoms. The smallest absolute Gasteiger partial charge is 0.130 e. The first-order valence-corrected chi connectivity index (χ1v) is 4.54. The van der Waals surface area contributed by atoms with Gasteiger partial charge in [-0.3, -0.25) is 0 Å². The minimum atomic E-state index is -0.559. The van der Waals surface area contributed by atoms with E-state index in [0.29, 0.717) is 13.0 Å². The van der Waals surface area contributed by atoms with Gasteiger partial charge >= 0.3 is 0 Å². The highest BCUT2D eigenvalue weighted by Gasteiger charge is 2.27. The van der Waals surface area contributed by atoms with E-state index in [1.165, 1.54) is 18.2 Å². The average Bonchev–Trinajstić information content (AvgIpc) is 2.51. The maximum Gasteiger partial charge on any atom is 0.130 e. The molecule has 1 aromatic carbocycles. The number of aliphatic hydroxyl groups is 1. The lowest BCUT2D eigenvalue weighted by molar-refractivity contribution is 0.193. The molecule has 1 aliphatic heterocycles. The predicted octanol–water partition coefficient (Wildman–Crippen LogP) is 1.36. The van der Waals surface area contributed by atoms with Crippen LogP contribution in [0.1, 0.15) is 18.0 Å². The molecule has 1 heterocycles. The third kappa shape index (κ3) is 1.63. The number of hydrogen-bond donors (Lipinski definition) is 2. The Labute approximate surface area is 80.6 Å². The zero-order valence-electron chi connectivity index (χ0n) is 7.50. The van der Waals surface area contributed by atoms with Gasteiger partial charge in [-0.25, -0.2) is 8.78 Å². The fourth-order valence-corrected chi connectivity index (χ4v) is 1.78. The summed E-state index contributed by atoms with van der Waals surface area (Å²) in [5, 5.41) is 12.1. The minimum absolute atomic E-state index is 0.0315. The second-order valence-corrected chi connectivity index (χ2v) is 3.49. The molecular formula is C10H11F2NO. The van der Waals surface area contributed by atoms with Crippen LogP contribution in [-0.4, -0.2) is 17.8 Å². The van der Waals surface area contributed by atoms with Crippen molar-refractivity contribution in [2.45, 2.75) is 18.6 Å². The highest BCUT2D eigenvalue weighted by atomic mass is 19.1. The van der Waals surface area contributed by atoms with Crippen molar-refractivity contribution in [3.63, 3.8) is 0 Å². The Morgan fingerprint density at radius 3 is 2.43 bits per heavy atom. The van der Waals surface area contributed by atoms with E-state index in [9.17, 15) is 13.9 Å². The standard InChI is InChI=1S/C10H11F2NO/c11-7-2-1-3-8(12)10(7)9-4-6(14)5-13-9/h1-3,6,9,13-14H,4-5H2. The first kappa shape index (κ1) is 9.55. The Bertz CT molecular complexity index is 323.